The van der Waals surface area contributed by atoms with Crippen LogP contribution < -0.4 is 15.8 Å². The van der Waals surface area contributed by atoms with Crippen LogP contribution in [0, 0.1) is 11.2 Å². The maximum Gasteiger partial charge on any atom is 0.406 e. The van der Waals surface area contributed by atoms with E-state index >= 15 is 0 Å². The molecule has 0 saturated carbocycles. The molecule has 180 valence electrons. The molecule has 2 aromatic rings. The third-order valence-corrected chi connectivity index (χ3v) is 5.13. The maximum absolute atomic E-state index is 13.9. The molecule has 7 nitrogen and oxygen atoms in total. The second-order valence-electron chi connectivity index (χ2n) is 7.29. The summed E-state index contributed by atoms with van der Waals surface area (Å²) in [6, 6.07) is 6.93. The average Bonchev–Trinajstić information content (AvgIpc) is 2.76. The molecule has 0 fully saturated rings. The number of hydrogen-bond donors (Lipinski definition) is 3. The molecule has 0 spiro atoms. The number of alkyl halides is 4. The van der Waals surface area contributed by atoms with Gasteiger partial charge in [-0.3, -0.25) is 9.59 Å². The van der Waals surface area contributed by atoms with Crippen molar-refractivity contribution in [2.24, 2.45) is 5.73 Å². The first-order valence-corrected chi connectivity index (χ1v) is 9.78. The average molecular weight is 482 g/mol. The normalized spacial score (nSPS) is 18.3. The molecule has 1 aliphatic rings. The van der Waals surface area contributed by atoms with E-state index in [0.29, 0.717) is 11.1 Å². The van der Waals surface area contributed by atoms with Crippen molar-refractivity contribution in [3.63, 3.8) is 0 Å². The van der Waals surface area contributed by atoms with Crippen LogP contribution in [0.15, 0.2) is 54.2 Å². The second-order valence-corrected chi connectivity index (χ2v) is 7.29. The SMILES string of the molecule is N=C/C(=C\N)[C@@H]1[C@@H](C(=O)Nc2cc(F)cc(OCF)c2)c2ccccc2C(=O)N1CC(F)(F)F. The van der Waals surface area contributed by atoms with Crippen LogP contribution in [0.4, 0.5) is 27.6 Å². The zero-order valence-corrected chi connectivity index (χ0v) is 17.4. The number of benzene rings is 2. The number of carbonyl (C=O) groups is 2. The van der Waals surface area contributed by atoms with E-state index in [4.69, 9.17) is 11.1 Å². The molecule has 34 heavy (non-hydrogen) atoms. The largest absolute Gasteiger partial charge is 0.463 e. The number of amides is 2. The fourth-order valence-corrected chi connectivity index (χ4v) is 3.85. The molecule has 0 unspecified atom stereocenters. The van der Waals surface area contributed by atoms with E-state index in [1.807, 2.05) is 0 Å². The number of nitrogens with two attached hydrogens (primary N) is 1. The topological polar surface area (TPSA) is 109 Å². The van der Waals surface area contributed by atoms with Gasteiger partial charge in [0.1, 0.15) is 18.1 Å². The van der Waals surface area contributed by atoms with Gasteiger partial charge in [-0.1, -0.05) is 18.2 Å². The number of anilines is 1. The lowest BCUT2D eigenvalue weighted by molar-refractivity contribution is -0.146. The van der Waals surface area contributed by atoms with Gasteiger partial charge in [-0.25, -0.2) is 8.78 Å². The van der Waals surface area contributed by atoms with Crippen LogP contribution in [-0.4, -0.2) is 48.6 Å². The van der Waals surface area contributed by atoms with Gasteiger partial charge in [-0.15, -0.1) is 0 Å². The first kappa shape index (κ1) is 24.7. The Morgan fingerprint density at radius 3 is 2.56 bits per heavy atom. The molecule has 1 heterocycles. The number of hydrogen-bond acceptors (Lipinski definition) is 5. The number of nitrogens with zero attached hydrogens (tertiary/aromatic N) is 1. The van der Waals surface area contributed by atoms with Gasteiger partial charge in [0.2, 0.25) is 12.8 Å². The number of nitrogens with one attached hydrogen (secondary N) is 2. The number of ether oxygens (including phenoxy) is 1. The summed E-state index contributed by atoms with van der Waals surface area (Å²) in [5, 5.41) is 9.98. The van der Waals surface area contributed by atoms with Gasteiger partial charge in [0, 0.05) is 41.4 Å². The molecule has 3 rings (SSSR count). The number of halogens is 5. The van der Waals surface area contributed by atoms with Crippen LogP contribution in [-0.2, 0) is 4.79 Å². The van der Waals surface area contributed by atoms with Gasteiger partial charge >= 0.3 is 6.18 Å². The van der Waals surface area contributed by atoms with Crippen LogP contribution in [0.5, 0.6) is 5.75 Å². The Bertz CT molecular complexity index is 1140. The molecule has 0 bridgehead atoms. The van der Waals surface area contributed by atoms with Gasteiger partial charge in [0.15, 0.2) is 0 Å². The maximum atomic E-state index is 13.9. The minimum absolute atomic E-state index is 0.103. The zero-order valence-electron chi connectivity index (χ0n) is 17.4. The van der Waals surface area contributed by atoms with Crippen molar-refractivity contribution in [1.29, 1.82) is 5.41 Å². The third kappa shape index (κ3) is 5.16. The first-order valence-electron chi connectivity index (χ1n) is 9.78. The van der Waals surface area contributed by atoms with Crippen molar-refractivity contribution in [2.45, 2.75) is 18.1 Å². The monoisotopic (exact) mass is 482 g/mol. The minimum Gasteiger partial charge on any atom is -0.463 e. The van der Waals surface area contributed by atoms with Crippen molar-refractivity contribution in [1.82, 2.24) is 4.90 Å². The number of carbonyl (C=O) groups excluding carboxylic acids is 2. The molecule has 2 amide bonds. The Labute approximate surface area is 190 Å². The Hall–Kier alpha value is -3.96. The molecular weight excluding hydrogens is 463 g/mol. The Morgan fingerprint density at radius 2 is 1.94 bits per heavy atom. The Kier molecular flexibility index (Phi) is 7.18. The zero-order chi connectivity index (χ0) is 25.0. The highest BCUT2D eigenvalue weighted by Crippen LogP contribution is 2.39. The van der Waals surface area contributed by atoms with Crippen LogP contribution in [0.25, 0.3) is 0 Å². The molecule has 2 atom stereocenters. The molecule has 0 aromatic heterocycles. The van der Waals surface area contributed by atoms with Gasteiger partial charge in [-0.2, -0.15) is 13.2 Å². The third-order valence-electron chi connectivity index (χ3n) is 5.13. The van der Waals surface area contributed by atoms with Crippen molar-refractivity contribution in [3.8, 4) is 5.75 Å². The lowest BCUT2D eigenvalue weighted by atomic mass is 9.79. The minimum atomic E-state index is -4.82. The molecule has 2 aromatic carbocycles. The summed E-state index contributed by atoms with van der Waals surface area (Å²) >= 11 is 0. The highest BCUT2D eigenvalue weighted by molar-refractivity contribution is 6.06. The molecule has 0 saturated heterocycles. The predicted octanol–water partition coefficient (Wildman–Crippen LogP) is 3.73. The van der Waals surface area contributed by atoms with E-state index < -0.39 is 49.2 Å². The molecule has 12 heteroatoms. The van der Waals surface area contributed by atoms with Gasteiger partial charge < -0.3 is 26.1 Å². The van der Waals surface area contributed by atoms with E-state index in [-0.39, 0.29) is 28.1 Å². The highest BCUT2D eigenvalue weighted by atomic mass is 19.4. The van der Waals surface area contributed by atoms with Gasteiger partial charge in [0.05, 0.1) is 12.0 Å². The highest BCUT2D eigenvalue weighted by Gasteiger charge is 2.48. The van der Waals surface area contributed by atoms with Gasteiger partial charge in [-0.05, 0) is 17.7 Å². The summed E-state index contributed by atoms with van der Waals surface area (Å²) in [7, 11) is 0. The second kappa shape index (κ2) is 9.89. The molecular formula is C22H19F5N4O3. The van der Waals surface area contributed by atoms with Crippen LogP contribution >= 0.6 is 0 Å². The first-order chi connectivity index (χ1) is 16.1. The molecule has 0 radical (unpaired) electrons. The van der Waals surface area contributed by atoms with E-state index in [9.17, 15) is 31.5 Å². The van der Waals surface area contributed by atoms with Crippen molar-refractivity contribution in [3.05, 3.63) is 71.2 Å². The molecule has 4 N–H and O–H groups in total. The lowest BCUT2D eigenvalue weighted by Gasteiger charge is -2.42. The van der Waals surface area contributed by atoms with Crippen molar-refractivity contribution < 1.29 is 36.3 Å². The standard InChI is InChI=1S/C22H19F5N4O3/c23-11-34-15-6-13(24)5-14(7-15)30-20(32)18-16-3-1-2-4-17(16)21(33)31(10-22(25,26)27)19(18)12(8-28)9-29/h1-9,18-19,28H,10-11,29H2,(H,30,32)/b12-9+,28-8?/t18-,19+/m0/s1. The summed E-state index contributed by atoms with van der Waals surface area (Å²) in [6.07, 6.45) is -3.31. The molecule has 0 aliphatic carbocycles. The Balaban J connectivity index is 2.13. The summed E-state index contributed by atoms with van der Waals surface area (Å²) < 4.78 is 71.1. The number of rotatable bonds is 7. The summed E-state index contributed by atoms with van der Waals surface area (Å²) in [5.41, 5.74) is 5.13. The Morgan fingerprint density at radius 1 is 1.24 bits per heavy atom. The fourth-order valence-electron chi connectivity index (χ4n) is 3.85. The van der Waals surface area contributed by atoms with E-state index in [0.717, 1.165) is 24.4 Å². The van der Waals surface area contributed by atoms with Crippen molar-refractivity contribution >= 4 is 23.7 Å². The van der Waals surface area contributed by atoms with E-state index in [1.165, 1.54) is 24.3 Å². The quantitative estimate of drug-likeness (QED) is 0.413. The van der Waals surface area contributed by atoms with E-state index in [2.05, 4.69) is 10.1 Å². The van der Waals surface area contributed by atoms with Gasteiger partial charge in [0.25, 0.3) is 5.91 Å². The van der Waals surface area contributed by atoms with Crippen LogP contribution in [0.1, 0.15) is 21.8 Å². The summed E-state index contributed by atoms with van der Waals surface area (Å²) in [5.74, 6) is -4.43. The summed E-state index contributed by atoms with van der Waals surface area (Å²) in [6.45, 7) is -2.96. The van der Waals surface area contributed by atoms with Crippen molar-refractivity contribution in [2.75, 3.05) is 18.7 Å². The predicted molar refractivity (Wildman–Crippen MR) is 113 cm³/mol. The summed E-state index contributed by atoms with van der Waals surface area (Å²) in [4.78, 5) is 26.8. The van der Waals surface area contributed by atoms with Crippen LogP contribution in [0.2, 0.25) is 0 Å². The molecule has 1 aliphatic heterocycles. The van der Waals surface area contributed by atoms with E-state index in [1.54, 1.807) is 0 Å². The van der Waals surface area contributed by atoms with Crippen LogP contribution in [0.3, 0.4) is 0 Å². The fraction of sp³-hybridized carbons (Fsp3) is 0.227. The smallest absolute Gasteiger partial charge is 0.406 e. The lowest BCUT2D eigenvalue weighted by Crippen LogP contribution is -2.55. The number of fused-ring (bicyclic) bond motifs is 1.